The number of benzene rings is 1. The molecule has 1 saturated heterocycles. The van der Waals surface area contributed by atoms with Gasteiger partial charge in [0.05, 0.1) is 24.4 Å². The first-order valence-electron chi connectivity index (χ1n) is 10.4. The summed E-state index contributed by atoms with van der Waals surface area (Å²) >= 11 is 0. The molecule has 0 radical (unpaired) electrons. The lowest BCUT2D eigenvalue weighted by molar-refractivity contribution is -0.145. The van der Waals surface area contributed by atoms with Crippen LogP contribution in [0.3, 0.4) is 0 Å². The third-order valence-corrected chi connectivity index (χ3v) is 5.61. The smallest absolute Gasteiger partial charge is 0.310 e. The van der Waals surface area contributed by atoms with Crippen molar-refractivity contribution in [2.45, 2.75) is 19.8 Å². The molecule has 1 aliphatic rings. The van der Waals surface area contributed by atoms with E-state index in [4.69, 9.17) is 10.5 Å². The SMILES string of the molecule is CN=C(NCCCc1nn(-c2ccccc2)c(N)c1C#N)N1CC(C)C(C(=O)OC)C1. The molecule has 2 atom stereocenters. The number of hydrogen-bond donors (Lipinski definition) is 2. The van der Waals surface area contributed by atoms with E-state index in [1.54, 1.807) is 11.7 Å². The number of anilines is 1. The lowest BCUT2D eigenvalue weighted by atomic mass is 9.99. The molecule has 2 aromatic rings. The zero-order valence-corrected chi connectivity index (χ0v) is 18.2. The molecule has 9 heteroatoms. The fourth-order valence-corrected chi connectivity index (χ4v) is 3.93. The lowest BCUT2D eigenvalue weighted by Gasteiger charge is -2.21. The van der Waals surface area contributed by atoms with Crippen LogP contribution < -0.4 is 11.1 Å². The number of rotatable bonds is 6. The van der Waals surface area contributed by atoms with Gasteiger partial charge in [0, 0.05) is 26.7 Å². The van der Waals surface area contributed by atoms with E-state index in [0.29, 0.717) is 36.6 Å². The number of hydrogen-bond acceptors (Lipinski definition) is 6. The first kappa shape index (κ1) is 22.2. The number of carbonyl (C=O) groups excluding carboxylic acids is 1. The number of para-hydroxylation sites is 1. The van der Waals surface area contributed by atoms with Gasteiger partial charge in [0.1, 0.15) is 17.5 Å². The number of guanidine groups is 1. The Balaban J connectivity index is 1.58. The monoisotopic (exact) mass is 423 g/mol. The molecule has 31 heavy (non-hydrogen) atoms. The third-order valence-electron chi connectivity index (χ3n) is 5.61. The Kier molecular flexibility index (Phi) is 7.13. The molecule has 0 saturated carbocycles. The van der Waals surface area contributed by atoms with E-state index >= 15 is 0 Å². The topological polar surface area (TPSA) is 122 Å². The minimum absolute atomic E-state index is 0.147. The van der Waals surface area contributed by atoms with Crippen LogP contribution in [-0.2, 0) is 16.0 Å². The van der Waals surface area contributed by atoms with Crippen LogP contribution in [-0.4, -0.2) is 60.4 Å². The van der Waals surface area contributed by atoms with Gasteiger partial charge in [-0.3, -0.25) is 9.79 Å². The summed E-state index contributed by atoms with van der Waals surface area (Å²) in [5, 5.41) is 17.4. The Morgan fingerprint density at radius 2 is 2.13 bits per heavy atom. The Labute approximate surface area is 182 Å². The molecule has 0 aliphatic carbocycles. The van der Waals surface area contributed by atoms with Crippen LogP contribution in [0.5, 0.6) is 0 Å². The van der Waals surface area contributed by atoms with Gasteiger partial charge in [-0.2, -0.15) is 10.4 Å². The number of carbonyl (C=O) groups is 1. The number of esters is 1. The summed E-state index contributed by atoms with van der Waals surface area (Å²) in [6, 6.07) is 11.7. The zero-order valence-electron chi connectivity index (χ0n) is 18.2. The highest BCUT2D eigenvalue weighted by molar-refractivity contribution is 5.82. The third kappa shape index (κ3) is 4.79. The van der Waals surface area contributed by atoms with Gasteiger partial charge in [0.15, 0.2) is 5.96 Å². The number of nitrogens with one attached hydrogen (secondary N) is 1. The highest BCUT2D eigenvalue weighted by Gasteiger charge is 2.36. The van der Waals surface area contributed by atoms with Gasteiger partial charge in [-0.05, 0) is 30.9 Å². The van der Waals surface area contributed by atoms with Crippen molar-refractivity contribution >= 4 is 17.7 Å². The number of likely N-dealkylation sites (tertiary alicyclic amines) is 1. The van der Waals surface area contributed by atoms with Gasteiger partial charge < -0.3 is 20.7 Å². The Bertz CT molecular complexity index is 978. The molecular formula is C22H29N7O2. The van der Waals surface area contributed by atoms with Crippen molar-refractivity contribution in [3.8, 4) is 11.8 Å². The summed E-state index contributed by atoms with van der Waals surface area (Å²) in [5.41, 5.74) is 8.09. The number of nitriles is 1. The summed E-state index contributed by atoms with van der Waals surface area (Å²) in [5.74, 6) is 0.988. The van der Waals surface area contributed by atoms with Crippen molar-refractivity contribution in [3.63, 3.8) is 0 Å². The molecule has 0 spiro atoms. The highest BCUT2D eigenvalue weighted by Crippen LogP contribution is 2.24. The molecule has 164 valence electrons. The molecule has 9 nitrogen and oxygen atoms in total. The number of nitrogen functional groups attached to an aromatic ring is 1. The largest absolute Gasteiger partial charge is 0.469 e. The molecule has 1 aromatic heterocycles. The van der Waals surface area contributed by atoms with Gasteiger partial charge in [-0.15, -0.1) is 0 Å². The van der Waals surface area contributed by atoms with Crippen LogP contribution in [0.4, 0.5) is 5.82 Å². The number of aliphatic imine (C=N–C) groups is 1. The van der Waals surface area contributed by atoms with Crippen molar-refractivity contribution in [2.24, 2.45) is 16.8 Å². The maximum Gasteiger partial charge on any atom is 0.310 e. The summed E-state index contributed by atoms with van der Waals surface area (Å²) in [7, 11) is 3.15. The number of nitrogens with zero attached hydrogens (tertiary/aromatic N) is 5. The van der Waals surface area contributed by atoms with Crippen molar-refractivity contribution in [2.75, 3.05) is 39.5 Å². The van der Waals surface area contributed by atoms with Crippen LogP contribution in [0, 0.1) is 23.2 Å². The van der Waals surface area contributed by atoms with E-state index in [1.165, 1.54) is 7.11 Å². The summed E-state index contributed by atoms with van der Waals surface area (Å²) in [6.07, 6.45) is 1.36. The second-order valence-electron chi connectivity index (χ2n) is 7.66. The average Bonchev–Trinajstić information content (AvgIpc) is 3.33. The van der Waals surface area contributed by atoms with Gasteiger partial charge in [0.2, 0.25) is 0 Å². The maximum atomic E-state index is 11.9. The second-order valence-corrected chi connectivity index (χ2v) is 7.66. The second kappa shape index (κ2) is 9.98. The molecule has 1 aliphatic heterocycles. The van der Waals surface area contributed by atoms with E-state index in [-0.39, 0.29) is 17.8 Å². The molecular weight excluding hydrogens is 394 g/mol. The van der Waals surface area contributed by atoms with E-state index < -0.39 is 0 Å². The first-order chi connectivity index (χ1) is 15.0. The highest BCUT2D eigenvalue weighted by atomic mass is 16.5. The average molecular weight is 424 g/mol. The fraction of sp³-hybridized carbons (Fsp3) is 0.455. The van der Waals surface area contributed by atoms with Gasteiger partial charge in [-0.25, -0.2) is 4.68 Å². The predicted molar refractivity (Wildman–Crippen MR) is 119 cm³/mol. The van der Waals surface area contributed by atoms with Crippen molar-refractivity contribution in [1.82, 2.24) is 20.0 Å². The van der Waals surface area contributed by atoms with Crippen LogP contribution >= 0.6 is 0 Å². The van der Waals surface area contributed by atoms with Gasteiger partial charge in [0.25, 0.3) is 0 Å². The summed E-state index contributed by atoms with van der Waals surface area (Å²) < 4.78 is 6.52. The zero-order chi connectivity index (χ0) is 22.4. The van der Waals surface area contributed by atoms with Crippen molar-refractivity contribution in [1.29, 1.82) is 5.26 Å². The van der Waals surface area contributed by atoms with E-state index in [1.807, 2.05) is 37.3 Å². The number of methoxy groups -OCH3 is 1. The minimum atomic E-state index is -0.180. The van der Waals surface area contributed by atoms with Crippen LogP contribution in [0.15, 0.2) is 35.3 Å². The predicted octanol–water partition coefficient (Wildman–Crippen LogP) is 1.58. The van der Waals surface area contributed by atoms with E-state index in [9.17, 15) is 10.1 Å². The Morgan fingerprint density at radius 3 is 2.77 bits per heavy atom. The first-order valence-corrected chi connectivity index (χ1v) is 10.4. The molecule has 2 heterocycles. The molecule has 3 N–H and O–H groups in total. The molecule has 0 bridgehead atoms. The molecule has 1 aromatic carbocycles. The van der Waals surface area contributed by atoms with Crippen LogP contribution in [0.1, 0.15) is 24.6 Å². The Morgan fingerprint density at radius 1 is 1.39 bits per heavy atom. The molecule has 3 rings (SSSR count). The van der Waals surface area contributed by atoms with Crippen LogP contribution in [0.25, 0.3) is 5.69 Å². The van der Waals surface area contributed by atoms with Crippen molar-refractivity contribution in [3.05, 3.63) is 41.6 Å². The van der Waals surface area contributed by atoms with Crippen LogP contribution in [0.2, 0.25) is 0 Å². The van der Waals surface area contributed by atoms with E-state index in [2.05, 4.69) is 26.4 Å². The number of aryl methyl sites for hydroxylation is 1. The minimum Gasteiger partial charge on any atom is -0.469 e. The van der Waals surface area contributed by atoms with Gasteiger partial charge in [-0.1, -0.05) is 25.1 Å². The maximum absolute atomic E-state index is 11.9. The number of aromatic nitrogens is 2. The van der Waals surface area contributed by atoms with E-state index in [0.717, 1.165) is 24.6 Å². The fourth-order valence-electron chi connectivity index (χ4n) is 3.93. The molecule has 1 fully saturated rings. The summed E-state index contributed by atoms with van der Waals surface area (Å²) in [4.78, 5) is 18.4. The number of ether oxygens (including phenoxy) is 1. The quantitative estimate of drug-likeness (QED) is 0.313. The van der Waals surface area contributed by atoms with Gasteiger partial charge >= 0.3 is 5.97 Å². The lowest BCUT2D eigenvalue weighted by Crippen LogP contribution is -2.41. The Hall–Kier alpha value is -3.54. The molecule has 2 unspecified atom stereocenters. The number of nitrogens with two attached hydrogens (primary N) is 1. The normalized spacial score (nSPS) is 18.6. The van der Waals surface area contributed by atoms with Crippen molar-refractivity contribution < 1.29 is 9.53 Å². The standard InChI is InChI=1S/C22H29N7O2/c1-15-13-28(14-18(15)21(30)31-3)22(25-2)26-11-7-10-19-17(12-23)20(24)29(27-19)16-8-5-4-6-9-16/h4-6,8-9,15,18H,7,10-11,13-14,24H2,1-3H3,(H,25,26). The molecule has 0 amide bonds. The summed E-state index contributed by atoms with van der Waals surface area (Å²) in [6.45, 7) is 4.04.